The number of nitrogens with one attached hydrogen (secondary N) is 2. The highest BCUT2D eigenvalue weighted by Crippen LogP contribution is 2.17. The summed E-state index contributed by atoms with van der Waals surface area (Å²) in [7, 11) is -3.75. The highest BCUT2D eigenvalue weighted by atomic mass is 32.2. The predicted octanol–water partition coefficient (Wildman–Crippen LogP) is 2.22. The van der Waals surface area contributed by atoms with Crippen LogP contribution in [0.5, 0.6) is 0 Å². The summed E-state index contributed by atoms with van der Waals surface area (Å²) in [6, 6.07) is 15.1. The molecule has 0 radical (unpaired) electrons. The summed E-state index contributed by atoms with van der Waals surface area (Å²) < 4.78 is 24.2. The number of nitrogens with two attached hydrogens (primary N) is 1. The zero-order valence-electron chi connectivity index (χ0n) is 11.1. The van der Waals surface area contributed by atoms with Crippen LogP contribution in [0.1, 0.15) is 11.1 Å². The summed E-state index contributed by atoms with van der Waals surface area (Å²) in [5.74, 6) is 0. The first-order valence-electron chi connectivity index (χ1n) is 6.13. The minimum atomic E-state index is -3.75. The second-order valence-corrected chi connectivity index (χ2v) is 5.80. The van der Waals surface area contributed by atoms with Gasteiger partial charge in [-0.25, -0.2) is 5.14 Å². The standard InChI is InChI=1S/C14H17N3O2S/c1-11-5-2-3-6-12(11)10-16-13-7-4-8-14(9-13)17-20(15,18)19/h2-9,16-17H,10H2,1H3,(H2,15,18,19). The van der Waals surface area contributed by atoms with Crippen molar-refractivity contribution in [3.05, 3.63) is 59.7 Å². The van der Waals surface area contributed by atoms with Crippen LogP contribution in [0.2, 0.25) is 0 Å². The lowest BCUT2D eigenvalue weighted by atomic mass is 10.1. The highest BCUT2D eigenvalue weighted by Gasteiger charge is 2.03. The predicted molar refractivity (Wildman–Crippen MR) is 81.7 cm³/mol. The van der Waals surface area contributed by atoms with E-state index in [0.717, 1.165) is 5.69 Å². The third-order valence-corrected chi connectivity index (χ3v) is 3.39. The first kappa shape index (κ1) is 14.4. The largest absolute Gasteiger partial charge is 0.381 e. The molecule has 106 valence electrons. The Morgan fingerprint density at radius 1 is 1.05 bits per heavy atom. The van der Waals surface area contributed by atoms with Gasteiger partial charge in [-0.1, -0.05) is 30.3 Å². The molecule has 0 aromatic heterocycles. The van der Waals surface area contributed by atoms with Crippen LogP contribution < -0.4 is 15.2 Å². The second kappa shape index (κ2) is 5.94. The summed E-state index contributed by atoms with van der Waals surface area (Å²) in [5.41, 5.74) is 3.65. The highest BCUT2D eigenvalue weighted by molar-refractivity contribution is 7.90. The smallest absolute Gasteiger partial charge is 0.296 e. The molecule has 5 nitrogen and oxygen atoms in total. The zero-order chi connectivity index (χ0) is 14.6. The van der Waals surface area contributed by atoms with E-state index in [0.29, 0.717) is 12.2 Å². The Balaban J connectivity index is 2.07. The monoisotopic (exact) mass is 291 g/mol. The van der Waals surface area contributed by atoms with Gasteiger partial charge in [0.15, 0.2) is 0 Å². The summed E-state index contributed by atoms with van der Waals surface area (Å²) >= 11 is 0. The fourth-order valence-electron chi connectivity index (χ4n) is 1.86. The summed E-state index contributed by atoms with van der Waals surface area (Å²) in [4.78, 5) is 0. The lowest BCUT2D eigenvalue weighted by molar-refractivity contribution is 0.603. The molecule has 0 spiro atoms. The van der Waals surface area contributed by atoms with Crippen LogP contribution >= 0.6 is 0 Å². The molecule has 0 bridgehead atoms. The third kappa shape index (κ3) is 4.25. The van der Waals surface area contributed by atoms with E-state index in [1.54, 1.807) is 18.2 Å². The number of hydrogen-bond donors (Lipinski definition) is 3. The molecule has 0 atom stereocenters. The van der Waals surface area contributed by atoms with Crippen molar-refractivity contribution in [3.8, 4) is 0 Å². The Labute approximate surface area is 119 Å². The number of aryl methyl sites for hydroxylation is 1. The van der Waals surface area contributed by atoms with E-state index in [-0.39, 0.29) is 0 Å². The normalized spacial score (nSPS) is 11.1. The molecule has 0 saturated carbocycles. The van der Waals surface area contributed by atoms with Crippen LogP contribution in [0.4, 0.5) is 11.4 Å². The minimum Gasteiger partial charge on any atom is -0.381 e. The van der Waals surface area contributed by atoms with Crippen molar-refractivity contribution in [1.82, 2.24) is 0 Å². The van der Waals surface area contributed by atoms with E-state index >= 15 is 0 Å². The molecule has 6 heteroatoms. The van der Waals surface area contributed by atoms with Crippen LogP contribution in [0.3, 0.4) is 0 Å². The Morgan fingerprint density at radius 3 is 2.45 bits per heavy atom. The lowest BCUT2D eigenvalue weighted by Crippen LogP contribution is -2.21. The van der Waals surface area contributed by atoms with Crippen molar-refractivity contribution in [2.75, 3.05) is 10.0 Å². The Hall–Kier alpha value is -2.05. The van der Waals surface area contributed by atoms with Gasteiger partial charge in [0.25, 0.3) is 10.2 Å². The molecular formula is C14H17N3O2S. The molecule has 0 aliphatic rings. The van der Waals surface area contributed by atoms with Crippen molar-refractivity contribution < 1.29 is 8.42 Å². The van der Waals surface area contributed by atoms with Gasteiger partial charge in [0.2, 0.25) is 0 Å². The van der Waals surface area contributed by atoms with E-state index in [2.05, 4.69) is 29.1 Å². The fraction of sp³-hybridized carbons (Fsp3) is 0.143. The molecule has 0 fully saturated rings. The summed E-state index contributed by atoms with van der Waals surface area (Å²) in [6.07, 6.45) is 0. The molecule has 0 aliphatic carbocycles. The van der Waals surface area contributed by atoms with Crippen molar-refractivity contribution in [1.29, 1.82) is 0 Å². The molecule has 20 heavy (non-hydrogen) atoms. The van der Waals surface area contributed by atoms with E-state index in [4.69, 9.17) is 5.14 Å². The maximum atomic E-state index is 11.0. The molecule has 2 aromatic rings. The van der Waals surface area contributed by atoms with E-state index < -0.39 is 10.2 Å². The summed E-state index contributed by atoms with van der Waals surface area (Å²) in [6.45, 7) is 2.72. The number of benzene rings is 2. The van der Waals surface area contributed by atoms with Gasteiger partial charge in [0, 0.05) is 12.2 Å². The minimum absolute atomic E-state index is 0.433. The maximum absolute atomic E-state index is 11.0. The molecule has 4 N–H and O–H groups in total. The van der Waals surface area contributed by atoms with Crippen LogP contribution in [0.15, 0.2) is 48.5 Å². The average Bonchev–Trinajstić information content (AvgIpc) is 2.36. The average molecular weight is 291 g/mol. The molecule has 0 amide bonds. The first-order valence-corrected chi connectivity index (χ1v) is 7.68. The van der Waals surface area contributed by atoms with Gasteiger partial charge in [-0.3, -0.25) is 4.72 Å². The number of rotatable bonds is 5. The molecular weight excluding hydrogens is 274 g/mol. The van der Waals surface area contributed by atoms with Crippen LogP contribution in [0, 0.1) is 6.92 Å². The van der Waals surface area contributed by atoms with E-state index in [1.165, 1.54) is 11.1 Å². The molecule has 0 unspecified atom stereocenters. The zero-order valence-corrected chi connectivity index (χ0v) is 11.9. The van der Waals surface area contributed by atoms with Crippen molar-refractivity contribution in [3.63, 3.8) is 0 Å². The first-order chi connectivity index (χ1) is 9.44. The van der Waals surface area contributed by atoms with Crippen molar-refractivity contribution >= 4 is 21.6 Å². The summed E-state index contributed by atoms with van der Waals surface area (Å²) in [5, 5.41) is 8.20. The number of hydrogen-bond acceptors (Lipinski definition) is 3. The van der Waals surface area contributed by atoms with Gasteiger partial charge in [-0.05, 0) is 36.2 Å². The van der Waals surface area contributed by atoms with Crippen LogP contribution in [-0.2, 0) is 16.8 Å². The SMILES string of the molecule is Cc1ccccc1CNc1cccc(NS(N)(=O)=O)c1. The van der Waals surface area contributed by atoms with Gasteiger partial charge in [0.05, 0.1) is 5.69 Å². The van der Waals surface area contributed by atoms with Gasteiger partial charge >= 0.3 is 0 Å². The Kier molecular flexibility index (Phi) is 4.26. The second-order valence-electron chi connectivity index (χ2n) is 4.51. The lowest BCUT2D eigenvalue weighted by Gasteiger charge is -2.10. The Morgan fingerprint density at radius 2 is 1.75 bits per heavy atom. The fourth-order valence-corrected chi connectivity index (χ4v) is 2.32. The Bertz CT molecular complexity index is 699. The maximum Gasteiger partial charge on any atom is 0.296 e. The van der Waals surface area contributed by atoms with Crippen LogP contribution in [-0.4, -0.2) is 8.42 Å². The molecule has 0 saturated heterocycles. The van der Waals surface area contributed by atoms with Crippen LogP contribution in [0.25, 0.3) is 0 Å². The molecule has 2 aromatic carbocycles. The third-order valence-electron chi connectivity index (χ3n) is 2.87. The van der Waals surface area contributed by atoms with Gasteiger partial charge in [0.1, 0.15) is 0 Å². The quantitative estimate of drug-likeness (QED) is 0.789. The molecule has 0 heterocycles. The van der Waals surface area contributed by atoms with Crippen molar-refractivity contribution in [2.45, 2.75) is 13.5 Å². The van der Waals surface area contributed by atoms with Crippen molar-refractivity contribution in [2.24, 2.45) is 5.14 Å². The molecule has 0 aliphatic heterocycles. The van der Waals surface area contributed by atoms with E-state index in [9.17, 15) is 8.42 Å². The van der Waals surface area contributed by atoms with Gasteiger partial charge in [-0.15, -0.1) is 0 Å². The number of anilines is 2. The topological polar surface area (TPSA) is 84.2 Å². The van der Waals surface area contributed by atoms with Gasteiger partial charge < -0.3 is 5.32 Å². The van der Waals surface area contributed by atoms with Gasteiger partial charge in [-0.2, -0.15) is 8.42 Å². The van der Waals surface area contributed by atoms with E-state index in [1.807, 2.05) is 18.2 Å². The molecule has 2 rings (SSSR count).